The third kappa shape index (κ3) is 3.70. The van der Waals surface area contributed by atoms with E-state index < -0.39 is 40.0 Å². The number of nitro groups is 1. The highest BCUT2D eigenvalue weighted by Crippen LogP contribution is 2.26. The zero-order chi connectivity index (χ0) is 21.1. The highest BCUT2D eigenvalue weighted by molar-refractivity contribution is 6.05. The average Bonchev–Trinajstić information content (AvgIpc) is 2.72. The van der Waals surface area contributed by atoms with E-state index in [1.165, 1.54) is 28.8 Å². The molecule has 1 amide bonds. The van der Waals surface area contributed by atoms with Gasteiger partial charge in [0.2, 0.25) is 0 Å². The van der Waals surface area contributed by atoms with Crippen molar-refractivity contribution in [3.63, 3.8) is 0 Å². The van der Waals surface area contributed by atoms with E-state index in [4.69, 9.17) is 0 Å². The molecule has 29 heavy (non-hydrogen) atoms. The summed E-state index contributed by atoms with van der Waals surface area (Å²) in [4.78, 5) is 47.6. The van der Waals surface area contributed by atoms with Crippen molar-refractivity contribution < 1.29 is 19.6 Å². The number of aromatic hydroxyl groups is 1. The largest absolute Gasteiger partial charge is 0.506 e. The summed E-state index contributed by atoms with van der Waals surface area (Å²) in [5.74, 6) is -1.82. The predicted molar refractivity (Wildman–Crippen MR) is 105 cm³/mol. The number of amides is 1. The highest BCUT2D eigenvalue weighted by atomic mass is 16.6. The van der Waals surface area contributed by atoms with Gasteiger partial charge < -0.3 is 15.0 Å². The number of aryl methyl sites for hydroxylation is 1. The van der Waals surface area contributed by atoms with Crippen molar-refractivity contribution in [1.29, 1.82) is 0 Å². The molecular formula is C20H17N3O6. The number of nitrogens with zero attached hydrogens (tertiary/aromatic N) is 2. The van der Waals surface area contributed by atoms with Crippen molar-refractivity contribution in [2.24, 2.45) is 0 Å². The van der Waals surface area contributed by atoms with Gasteiger partial charge in [-0.15, -0.1) is 0 Å². The number of Topliss-reactive ketones (excluding diaryl/α,β-unsaturated/α-hetero) is 1. The van der Waals surface area contributed by atoms with Crippen LogP contribution in [0, 0.1) is 10.1 Å². The van der Waals surface area contributed by atoms with Gasteiger partial charge >= 0.3 is 0 Å². The van der Waals surface area contributed by atoms with Crippen molar-refractivity contribution in [2.75, 3.05) is 6.54 Å². The Labute approximate surface area is 164 Å². The molecule has 1 heterocycles. The standard InChI is InChI=1S/C20H17N3O6/c1-2-22-15-6-4-3-5-14(15)18(25)17(20(22)27)19(26)21-11-16(24)12-7-9-13(10-8-12)23(28)29/h3-10,25H,2,11H2,1H3,(H,21,26). The molecule has 2 aromatic carbocycles. The lowest BCUT2D eigenvalue weighted by Gasteiger charge is -2.13. The Morgan fingerprint density at radius 2 is 1.79 bits per heavy atom. The van der Waals surface area contributed by atoms with Gasteiger partial charge in [0.15, 0.2) is 5.78 Å². The maximum atomic E-state index is 12.7. The summed E-state index contributed by atoms with van der Waals surface area (Å²) in [5.41, 5.74) is -0.599. The molecule has 148 valence electrons. The fraction of sp³-hybridized carbons (Fsp3) is 0.150. The molecule has 3 rings (SSSR count). The highest BCUT2D eigenvalue weighted by Gasteiger charge is 2.22. The SMILES string of the molecule is CCn1c(=O)c(C(=O)NCC(=O)c2ccc([N+](=O)[O-])cc2)c(O)c2ccccc21. The summed E-state index contributed by atoms with van der Waals surface area (Å²) in [7, 11) is 0. The van der Waals surface area contributed by atoms with E-state index in [2.05, 4.69) is 5.32 Å². The van der Waals surface area contributed by atoms with Crippen LogP contribution in [0.25, 0.3) is 10.9 Å². The lowest BCUT2D eigenvalue weighted by Crippen LogP contribution is -2.35. The first-order chi connectivity index (χ1) is 13.8. The van der Waals surface area contributed by atoms with Gasteiger partial charge in [-0.25, -0.2) is 0 Å². The lowest BCUT2D eigenvalue weighted by molar-refractivity contribution is -0.384. The van der Waals surface area contributed by atoms with Crippen molar-refractivity contribution >= 4 is 28.3 Å². The number of nitro benzene ring substituents is 1. The molecule has 0 aliphatic heterocycles. The first-order valence-electron chi connectivity index (χ1n) is 8.75. The van der Waals surface area contributed by atoms with Gasteiger partial charge in [0.05, 0.1) is 17.0 Å². The number of non-ortho nitro benzene ring substituents is 1. The van der Waals surface area contributed by atoms with Gasteiger partial charge in [-0.1, -0.05) is 12.1 Å². The number of aromatic nitrogens is 1. The van der Waals surface area contributed by atoms with Crippen molar-refractivity contribution in [2.45, 2.75) is 13.5 Å². The molecule has 0 radical (unpaired) electrons. The molecule has 0 saturated heterocycles. The minimum Gasteiger partial charge on any atom is -0.506 e. The Kier molecular flexibility index (Phi) is 5.40. The van der Waals surface area contributed by atoms with Crippen LogP contribution < -0.4 is 10.9 Å². The van der Waals surface area contributed by atoms with E-state index in [0.29, 0.717) is 17.4 Å². The fourth-order valence-electron chi connectivity index (χ4n) is 3.03. The number of rotatable bonds is 6. The summed E-state index contributed by atoms with van der Waals surface area (Å²) in [6, 6.07) is 11.6. The predicted octanol–water partition coefficient (Wildman–Crippen LogP) is 2.25. The molecule has 0 bridgehead atoms. The maximum Gasteiger partial charge on any atom is 0.269 e. The average molecular weight is 395 g/mol. The Balaban J connectivity index is 1.86. The molecule has 3 aromatic rings. The van der Waals surface area contributed by atoms with Crippen LogP contribution in [0.3, 0.4) is 0 Å². The van der Waals surface area contributed by atoms with E-state index in [-0.39, 0.29) is 11.3 Å². The molecule has 0 spiro atoms. The summed E-state index contributed by atoms with van der Waals surface area (Å²) in [5, 5.41) is 23.8. The topological polar surface area (TPSA) is 132 Å². The smallest absolute Gasteiger partial charge is 0.269 e. The number of ketones is 1. The molecule has 1 aromatic heterocycles. The Bertz CT molecular complexity index is 1180. The zero-order valence-corrected chi connectivity index (χ0v) is 15.4. The molecule has 9 nitrogen and oxygen atoms in total. The number of pyridine rings is 1. The number of carbonyl (C=O) groups excluding carboxylic acids is 2. The maximum absolute atomic E-state index is 12.7. The molecule has 9 heteroatoms. The number of nitrogens with one attached hydrogen (secondary N) is 1. The van der Waals surface area contributed by atoms with Crippen LogP contribution >= 0.6 is 0 Å². The fourth-order valence-corrected chi connectivity index (χ4v) is 3.03. The van der Waals surface area contributed by atoms with Gasteiger partial charge in [-0.3, -0.25) is 24.5 Å². The number of carbonyl (C=O) groups is 2. The number of hydrogen-bond acceptors (Lipinski definition) is 6. The molecular weight excluding hydrogens is 378 g/mol. The Morgan fingerprint density at radius 1 is 1.14 bits per heavy atom. The van der Waals surface area contributed by atoms with Crippen LogP contribution in [0.4, 0.5) is 5.69 Å². The van der Waals surface area contributed by atoms with Gasteiger partial charge in [0.1, 0.15) is 11.3 Å². The first-order valence-corrected chi connectivity index (χ1v) is 8.75. The molecule has 0 aliphatic rings. The molecule has 0 unspecified atom stereocenters. The first kappa shape index (κ1) is 19.7. The molecule has 2 N–H and O–H groups in total. The van der Waals surface area contributed by atoms with Gasteiger partial charge in [-0.2, -0.15) is 0 Å². The lowest BCUT2D eigenvalue weighted by atomic mass is 10.1. The molecule has 0 saturated carbocycles. The second-order valence-electron chi connectivity index (χ2n) is 6.20. The summed E-state index contributed by atoms with van der Waals surface area (Å²) in [6.45, 7) is 1.60. The third-order valence-corrected chi connectivity index (χ3v) is 4.50. The number of fused-ring (bicyclic) bond motifs is 1. The number of hydrogen-bond donors (Lipinski definition) is 2. The van der Waals surface area contributed by atoms with Gasteiger partial charge in [0, 0.05) is 29.6 Å². The van der Waals surface area contributed by atoms with E-state index in [0.717, 1.165) is 0 Å². The van der Waals surface area contributed by atoms with Crippen LogP contribution in [0.15, 0.2) is 53.3 Å². The minimum atomic E-state index is -0.879. The normalized spacial score (nSPS) is 10.7. The summed E-state index contributed by atoms with van der Waals surface area (Å²) < 4.78 is 1.36. The second-order valence-corrected chi connectivity index (χ2v) is 6.20. The van der Waals surface area contributed by atoms with Gasteiger partial charge in [0.25, 0.3) is 17.2 Å². The third-order valence-electron chi connectivity index (χ3n) is 4.50. The van der Waals surface area contributed by atoms with E-state index in [1.807, 2.05) is 0 Å². The van der Waals surface area contributed by atoms with Gasteiger partial charge in [-0.05, 0) is 31.2 Å². The monoisotopic (exact) mass is 395 g/mol. The number of benzene rings is 2. The Morgan fingerprint density at radius 3 is 2.41 bits per heavy atom. The van der Waals surface area contributed by atoms with Crippen molar-refractivity contribution in [1.82, 2.24) is 9.88 Å². The van der Waals surface area contributed by atoms with Crippen LogP contribution in [0.1, 0.15) is 27.6 Å². The van der Waals surface area contributed by atoms with Crippen LogP contribution in [0.2, 0.25) is 0 Å². The van der Waals surface area contributed by atoms with Crippen molar-refractivity contribution in [3.8, 4) is 5.75 Å². The quantitative estimate of drug-likeness (QED) is 0.374. The summed E-state index contributed by atoms with van der Waals surface area (Å²) in [6.07, 6.45) is 0. The van der Waals surface area contributed by atoms with Crippen LogP contribution in [-0.2, 0) is 6.54 Å². The minimum absolute atomic E-state index is 0.160. The van der Waals surface area contributed by atoms with E-state index in [9.17, 15) is 29.6 Å². The van der Waals surface area contributed by atoms with Crippen molar-refractivity contribution in [3.05, 3.63) is 80.1 Å². The number of para-hydroxylation sites is 1. The van der Waals surface area contributed by atoms with Crippen LogP contribution in [0.5, 0.6) is 5.75 Å². The summed E-state index contributed by atoms with van der Waals surface area (Å²) >= 11 is 0. The Hall–Kier alpha value is -4.01. The zero-order valence-electron chi connectivity index (χ0n) is 15.4. The second kappa shape index (κ2) is 7.93. The van der Waals surface area contributed by atoms with E-state index in [1.54, 1.807) is 31.2 Å². The van der Waals surface area contributed by atoms with E-state index >= 15 is 0 Å². The molecule has 0 atom stereocenters. The molecule has 0 fully saturated rings. The van der Waals surface area contributed by atoms with Crippen LogP contribution in [-0.4, -0.2) is 32.8 Å². The molecule has 0 aliphatic carbocycles.